The summed E-state index contributed by atoms with van der Waals surface area (Å²) in [5.41, 5.74) is 1.18. The lowest BCUT2D eigenvalue weighted by Gasteiger charge is -2.30. The normalized spacial score (nSPS) is 19.6. The van der Waals surface area contributed by atoms with E-state index < -0.39 is 0 Å². The zero-order valence-corrected chi connectivity index (χ0v) is 19.9. The van der Waals surface area contributed by atoms with Crippen molar-refractivity contribution in [2.75, 3.05) is 37.5 Å². The predicted octanol–water partition coefficient (Wildman–Crippen LogP) is 3.48. The van der Waals surface area contributed by atoms with Gasteiger partial charge in [0.05, 0.1) is 0 Å². The van der Waals surface area contributed by atoms with Crippen molar-refractivity contribution in [3.8, 4) is 11.5 Å². The van der Waals surface area contributed by atoms with Crippen molar-refractivity contribution >= 4 is 17.5 Å². The molecule has 1 aromatic heterocycles. The van der Waals surface area contributed by atoms with E-state index in [2.05, 4.69) is 26.7 Å². The van der Waals surface area contributed by atoms with Gasteiger partial charge in [0.2, 0.25) is 5.91 Å². The van der Waals surface area contributed by atoms with E-state index in [0.29, 0.717) is 25.7 Å². The summed E-state index contributed by atoms with van der Waals surface area (Å²) in [6.45, 7) is 3.10. The number of hydrogen-bond acceptors (Lipinski definition) is 7. The fourth-order valence-electron chi connectivity index (χ4n) is 4.44. The molecule has 1 aliphatic heterocycles. The number of aromatic nitrogens is 2. The molecule has 1 saturated carbocycles. The summed E-state index contributed by atoms with van der Waals surface area (Å²) in [7, 11) is 3.96. The van der Waals surface area contributed by atoms with Crippen LogP contribution in [0.15, 0.2) is 24.3 Å². The molecule has 8 heteroatoms. The Morgan fingerprint density at radius 3 is 2.52 bits per heavy atom. The predicted molar refractivity (Wildman–Crippen MR) is 129 cm³/mol. The maximum atomic E-state index is 12.5. The van der Waals surface area contributed by atoms with Gasteiger partial charge >= 0.3 is 0 Å². The minimum Gasteiger partial charge on any atom is -0.486 e. The number of aryl methyl sites for hydroxylation is 2. The SMILES string of the molecule is Cc1nc(NC2CCC(NC(=O)CCCc3ccc4c(c3)OCCO4)CC2)cc(N(C)C)n1. The Morgan fingerprint density at radius 1 is 1.03 bits per heavy atom. The number of rotatable bonds is 8. The number of nitrogens with zero attached hydrogens (tertiary/aromatic N) is 3. The van der Waals surface area contributed by atoms with Crippen LogP contribution in [0.3, 0.4) is 0 Å². The summed E-state index contributed by atoms with van der Waals surface area (Å²) in [5.74, 6) is 4.30. The molecule has 0 radical (unpaired) electrons. The van der Waals surface area contributed by atoms with Gasteiger partial charge in [-0.1, -0.05) is 6.07 Å². The van der Waals surface area contributed by atoms with E-state index in [0.717, 1.165) is 67.5 Å². The quantitative estimate of drug-likeness (QED) is 0.633. The number of carbonyl (C=O) groups excluding carboxylic acids is 1. The summed E-state index contributed by atoms with van der Waals surface area (Å²) in [4.78, 5) is 23.4. The number of carbonyl (C=O) groups is 1. The van der Waals surface area contributed by atoms with Crippen LogP contribution in [0.5, 0.6) is 11.5 Å². The first-order valence-corrected chi connectivity index (χ1v) is 11.9. The molecule has 4 rings (SSSR count). The summed E-state index contributed by atoms with van der Waals surface area (Å²) in [5, 5.41) is 6.78. The van der Waals surface area contributed by atoms with Crippen LogP contribution >= 0.6 is 0 Å². The van der Waals surface area contributed by atoms with Crippen molar-refractivity contribution in [2.24, 2.45) is 0 Å². The van der Waals surface area contributed by atoms with Gasteiger partial charge in [-0.15, -0.1) is 0 Å². The molecule has 0 bridgehead atoms. The third-order valence-corrected chi connectivity index (χ3v) is 6.20. The minimum atomic E-state index is 0.144. The number of fused-ring (bicyclic) bond motifs is 1. The molecule has 0 atom stereocenters. The number of hydrogen-bond donors (Lipinski definition) is 2. The second kappa shape index (κ2) is 10.7. The molecule has 178 valence electrons. The third-order valence-electron chi connectivity index (χ3n) is 6.20. The van der Waals surface area contributed by atoms with Crippen molar-refractivity contribution in [2.45, 2.75) is 64.0 Å². The standard InChI is InChI=1S/C25H35N5O3/c1-17-26-23(16-24(27-17)30(2)3)28-19-8-10-20(11-9-19)29-25(31)6-4-5-18-7-12-21-22(15-18)33-14-13-32-21/h7,12,15-16,19-20H,4-6,8-11,13-14H2,1-3H3,(H,29,31)(H,26,27,28). The number of ether oxygens (including phenoxy) is 2. The van der Waals surface area contributed by atoms with Crippen LogP contribution in [0.2, 0.25) is 0 Å². The van der Waals surface area contributed by atoms with E-state index >= 15 is 0 Å². The van der Waals surface area contributed by atoms with E-state index in [1.807, 2.05) is 44.1 Å². The molecule has 1 amide bonds. The Labute approximate surface area is 196 Å². The van der Waals surface area contributed by atoms with Crippen LogP contribution in [-0.4, -0.2) is 55.3 Å². The summed E-state index contributed by atoms with van der Waals surface area (Å²) < 4.78 is 11.2. The zero-order chi connectivity index (χ0) is 23.2. The topological polar surface area (TPSA) is 88.6 Å². The number of anilines is 2. The van der Waals surface area contributed by atoms with E-state index in [4.69, 9.17) is 9.47 Å². The molecule has 2 aliphatic rings. The van der Waals surface area contributed by atoms with Gasteiger partial charge < -0.3 is 25.0 Å². The van der Waals surface area contributed by atoms with Crippen LogP contribution in [0.25, 0.3) is 0 Å². The first-order valence-electron chi connectivity index (χ1n) is 11.9. The van der Waals surface area contributed by atoms with Crippen molar-refractivity contribution < 1.29 is 14.3 Å². The Morgan fingerprint density at radius 2 is 1.76 bits per heavy atom. The van der Waals surface area contributed by atoms with Crippen LogP contribution in [0, 0.1) is 6.92 Å². The minimum absolute atomic E-state index is 0.144. The van der Waals surface area contributed by atoms with Gasteiger partial charge in [-0.2, -0.15) is 0 Å². The molecule has 1 fully saturated rings. The molecule has 8 nitrogen and oxygen atoms in total. The average molecular weight is 454 g/mol. The van der Waals surface area contributed by atoms with E-state index in [1.54, 1.807) is 0 Å². The second-order valence-electron chi connectivity index (χ2n) is 9.14. The molecule has 2 heterocycles. The summed E-state index contributed by atoms with van der Waals surface area (Å²) in [6, 6.07) is 8.66. The van der Waals surface area contributed by atoms with Crippen LogP contribution in [-0.2, 0) is 11.2 Å². The Hall–Kier alpha value is -3.03. The maximum Gasteiger partial charge on any atom is 0.220 e. The molecule has 33 heavy (non-hydrogen) atoms. The van der Waals surface area contributed by atoms with Crippen LogP contribution in [0.1, 0.15) is 49.9 Å². The largest absolute Gasteiger partial charge is 0.486 e. The summed E-state index contributed by atoms with van der Waals surface area (Å²) in [6.07, 6.45) is 6.22. The lowest BCUT2D eigenvalue weighted by molar-refractivity contribution is -0.122. The maximum absolute atomic E-state index is 12.5. The Bertz CT molecular complexity index is 957. The molecule has 1 aliphatic carbocycles. The number of amides is 1. The van der Waals surface area contributed by atoms with Crippen molar-refractivity contribution in [3.63, 3.8) is 0 Å². The highest BCUT2D eigenvalue weighted by Gasteiger charge is 2.23. The fourth-order valence-corrected chi connectivity index (χ4v) is 4.44. The lowest BCUT2D eigenvalue weighted by Crippen LogP contribution is -2.40. The highest BCUT2D eigenvalue weighted by atomic mass is 16.6. The van der Waals surface area contributed by atoms with Crippen LogP contribution < -0.4 is 25.0 Å². The van der Waals surface area contributed by atoms with Gasteiger partial charge in [0, 0.05) is 38.7 Å². The van der Waals surface area contributed by atoms with Gasteiger partial charge in [0.1, 0.15) is 30.7 Å². The molecule has 2 N–H and O–H groups in total. The first-order chi connectivity index (χ1) is 16.0. The smallest absolute Gasteiger partial charge is 0.220 e. The van der Waals surface area contributed by atoms with Gasteiger partial charge in [-0.3, -0.25) is 4.79 Å². The van der Waals surface area contributed by atoms with Crippen molar-refractivity contribution in [1.82, 2.24) is 15.3 Å². The average Bonchev–Trinajstić information content (AvgIpc) is 2.80. The second-order valence-corrected chi connectivity index (χ2v) is 9.14. The zero-order valence-electron chi connectivity index (χ0n) is 19.9. The van der Waals surface area contributed by atoms with Gasteiger partial charge in [0.25, 0.3) is 0 Å². The van der Waals surface area contributed by atoms with Gasteiger partial charge in [-0.05, 0) is 63.1 Å². The monoisotopic (exact) mass is 453 g/mol. The highest BCUT2D eigenvalue weighted by Crippen LogP contribution is 2.31. The van der Waals surface area contributed by atoms with E-state index in [-0.39, 0.29) is 11.9 Å². The third kappa shape index (κ3) is 6.49. The number of nitrogens with one attached hydrogen (secondary N) is 2. The van der Waals surface area contributed by atoms with Crippen LogP contribution in [0.4, 0.5) is 11.6 Å². The Balaban J connectivity index is 1.17. The Kier molecular flexibility index (Phi) is 7.52. The molecule has 1 aromatic carbocycles. The van der Waals surface area contributed by atoms with Gasteiger partial charge in [-0.25, -0.2) is 9.97 Å². The molecule has 0 spiro atoms. The lowest BCUT2D eigenvalue weighted by atomic mass is 9.91. The van der Waals surface area contributed by atoms with Crippen molar-refractivity contribution in [1.29, 1.82) is 0 Å². The molecular weight excluding hydrogens is 418 g/mol. The fraction of sp³-hybridized carbons (Fsp3) is 0.560. The molecule has 2 aromatic rings. The van der Waals surface area contributed by atoms with E-state index in [1.165, 1.54) is 5.56 Å². The first kappa shape index (κ1) is 23.1. The molecular formula is C25H35N5O3. The highest BCUT2D eigenvalue weighted by molar-refractivity contribution is 5.76. The van der Waals surface area contributed by atoms with Gasteiger partial charge in [0.15, 0.2) is 11.5 Å². The summed E-state index contributed by atoms with van der Waals surface area (Å²) >= 11 is 0. The van der Waals surface area contributed by atoms with E-state index in [9.17, 15) is 4.79 Å². The van der Waals surface area contributed by atoms with Crippen molar-refractivity contribution in [3.05, 3.63) is 35.7 Å². The molecule has 0 saturated heterocycles. The number of benzene rings is 1. The molecule has 0 unspecified atom stereocenters.